The van der Waals surface area contributed by atoms with Crippen molar-refractivity contribution in [2.45, 2.75) is 89.5 Å². The monoisotopic (exact) mass is 517 g/mol. The second kappa shape index (κ2) is 11.7. The van der Waals surface area contributed by atoms with Crippen molar-refractivity contribution in [2.24, 2.45) is 17.8 Å². The lowest BCUT2D eigenvalue weighted by Gasteiger charge is -2.40. The fraction of sp³-hybridized carbons (Fsp3) is 0.759. The van der Waals surface area contributed by atoms with Gasteiger partial charge in [0.05, 0.1) is 30.1 Å². The lowest BCUT2D eigenvalue weighted by atomic mass is 9.64. The van der Waals surface area contributed by atoms with Crippen LogP contribution in [-0.2, 0) is 19.1 Å². The summed E-state index contributed by atoms with van der Waals surface area (Å²) in [5.74, 6) is -2.09. The van der Waals surface area contributed by atoms with Crippen molar-refractivity contribution in [3.8, 4) is 0 Å². The van der Waals surface area contributed by atoms with E-state index in [1.54, 1.807) is 33.9 Å². The molecule has 2 unspecified atom stereocenters. The Morgan fingerprint density at radius 2 is 1.84 bits per heavy atom. The number of nitrogens with zero attached hydrogens (tertiary/aromatic N) is 3. The predicted octanol–water partition coefficient (Wildman–Crippen LogP) is 3.01. The number of carbonyl (C=O) groups is 3. The van der Waals surface area contributed by atoms with Gasteiger partial charge in [-0.3, -0.25) is 14.4 Å². The average molecular weight is 518 g/mol. The minimum absolute atomic E-state index is 0.0812. The van der Waals surface area contributed by atoms with Crippen molar-refractivity contribution < 1.29 is 24.2 Å². The molecule has 1 N–H and O–H groups in total. The zero-order chi connectivity index (χ0) is 27.5. The van der Waals surface area contributed by atoms with Gasteiger partial charge in [-0.2, -0.15) is 0 Å². The van der Waals surface area contributed by atoms with Gasteiger partial charge in [-0.05, 0) is 31.6 Å². The number of unbranched alkanes of at least 4 members (excludes halogenated alkanes) is 2. The number of fused-ring (bicyclic) bond motifs is 1. The van der Waals surface area contributed by atoms with E-state index in [2.05, 4.69) is 20.1 Å². The van der Waals surface area contributed by atoms with Crippen LogP contribution in [0.15, 0.2) is 25.3 Å². The van der Waals surface area contributed by atoms with Crippen LogP contribution in [0.2, 0.25) is 0 Å². The number of hydrogen-bond donors (Lipinski definition) is 1. The van der Waals surface area contributed by atoms with E-state index in [1.165, 1.54) is 0 Å². The van der Waals surface area contributed by atoms with Crippen molar-refractivity contribution in [3.63, 3.8) is 0 Å². The molecule has 0 aromatic carbocycles. The van der Waals surface area contributed by atoms with Crippen LogP contribution in [0, 0.1) is 17.8 Å². The molecule has 3 fully saturated rings. The number of aliphatic hydroxyl groups excluding tert-OH is 1. The number of rotatable bonds is 14. The molecule has 8 nitrogen and oxygen atoms in total. The first kappa shape index (κ1) is 29.4. The molecule has 3 saturated heterocycles. The van der Waals surface area contributed by atoms with Gasteiger partial charge >= 0.3 is 0 Å². The molecule has 37 heavy (non-hydrogen) atoms. The zero-order valence-corrected chi connectivity index (χ0v) is 23.4. The largest absolute Gasteiger partial charge is 0.394 e. The van der Waals surface area contributed by atoms with E-state index in [0.29, 0.717) is 38.9 Å². The minimum atomic E-state index is -1.09. The van der Waals surface area contributed by atoms with Gasteiger partial charge in [0.25, 0.3) is 0 Å². The Hall–Kier alpha value is -2.19. The van der Waals surface area contributed by atoms with Crippen LogP contribution in [0.3, 0.4) is 0 Å². The van der Waals surface area contributed by atoms with E-state index in [9.17, 15) is 19.5 Å². The lowest BCUT2D eigenvalue weighted by Crippen LogP contribution is -2.59. The third kappa shape index (κ3) is 4.76. The third-order valence-electron chi connectivity index (χ3n) is 8.90. The topological polar surface area (TPSA) is 90.4 Å². The molecule has 0 aromatic rings. The van der Waals surface area contributed by atoms with Gasteiger partial charge in [0, 0.05) is 26.7 Å². The fourth-order valence-electron chi connectivity index (χ4n) is 6.98. The van der Waals surface area contributed by atoms with Crippen LogP contribution in [0.5, 0.6) is 0 Å². The van der Waals surface area contributed by atoms with Crippen LogP contribution in [0.25, 0.3) is 0 Å². The second-order valence-corrected chi connectivity index (χ2v) is 11.4. The number of likely N-dealkylation sites (tertiary alicyclic amines) is 1. The van der Waals surface area contributed by atoms with Gasteiger partial charge in [-0.25, -0.2) is 0 Å². The van der Waals surface area contributed by atoms with Crippen LogP contribution in [0.1, 0.15) is 66.2 Å². The van der Waals surface area contributed by atoms with Crippen molar-refractivity contribution in [2.75, 3.05) is 33.3 Å². The molecule has 0 aliphatic carbocycles. The smallest absolute Gasteiger partial charge is 0.248 e. The highest BCUT2D eigenvalue weighted by Gasteiger charge is 2.79. The Balaban J connectivity index is 2.14. The van der Waals surface area contributed by atoms with Gasteiger partial charge in [0.15, 0.2) is 0 Å². The average Bonchev–Trinajstić information content (AvgIpc) is 3.47. The summed E-state index contributed by atoms with van der Waals surface area (Å²) in [4.78, 5) is 47.5. The second-order valence-electron chi connectivity index (χ2n) is 11.4. The minimum Gasteiger partial charge on any atom is -0.394 e. The van der Waals surface area contributed by atoms with Gasteiger partial charge < -0.3 is 24.5 Å². The molecule has 3 amide bonds. The van der Waals surface area contributed by atoms with Gasteiger partial charge in [-0.15, -0.1) is 13.2 Å². The molecule has 1 spiro atoms. The Morgan fingerprint density at radius 1 is 1.16 bits per heavy atom. The third-order valence-corrected chi connectivity index (χ3v) is 8.90. The Morgan fingerprint density at radius 3 is 2.38 bits per heavy atom. The van der Waals surface area contributed by atoms with Gasteiger partial charge in [0.1, 0.15) is 11.6 Å². The number of aliphatic hydroxyl groups is 1. The number of ether oxygens (including phenoxy) is 1. The SMILES string of the molecule is C=CCN(C)C(=O)[C@H]1[C@H]2C(=O)N([C@@H](CO)C(C)C)C(C(=O)N(CC=C)CCCCC)C23CC[C@]1(CC)O3. The fourth-order valence-corrected chi connectivity index (χ4v) is 6.98. The van der Waals surface area contributed by atoms with Crippen LogP contribution in [-0.4, -0.2) is 94.1 Å². The van der Waals surface area contributed by atoms with Crippen LogP contribution < -0.4 is 0 Å². The first-order valence-corrected chi connectivity index (χ1v) is 14.0. The number of hydrogen-bond acceptors (Lipinski definition) is 5. The number of amides is 3. The van der Waals surface area contributed by atoms with E-state index in [-0.39, 0.29) is 30.2 Å². The predicted molar refractivity (Wildman–Crippen MR) is 144 cm³/mol. The van der Waals surface area contributed by atoms with Crippen molar-refractivity contribution in [3.05, 3.63) is 25.3 Å². The zero-order valence-electron chi connectivity index (χ0n) is 23.4. The number of likely N-dealkylation sites (N-methyl/N-ethyl adjacent to an activating group) is 1. The molecule has 0 radical (unpaired) electrons. The summed E-state index contributed by atoms with van der Waals surface area (Å²) in [5, 5.41) is 10.4. The summed E-state index contributed by atoms with van der Waals surface area (Å²) in [6.45, 7) is 16.6. The molecule has 2 bridgehead atoms. The molecular formula is C29H47N3O5. The summed E-state index contributed by atoms with van der Waals surface area (Å²) in [7, 11) is 1.72. The van der Waals surface area contributed by atoms with Gasteiger partial charge in [-0.1, -0.05) is 52.7 Å². The Bertz CT molecular complexity index is 891. The molecule has 3 aliphatic heterocycles. The standard InChI is InChI=1S/C29H47N3O5/c1-8-12-13-18-31(17-10-3)27(36)24-29-15-14-28(11-4,37-29)22(25(34)30(7)16-9-2)23(29)26(35)32(24)21(19-33)20(5)6/h9-10,20-24,33H,2-3,8,11-19H2,1,4-7H3/t21-,22+,23-,24?,28-,29?/m0/s1. The molecule has 208 valence electrons. The molecular weight excluding hydrogens is 470 g/mol. The normalized spacial score (nSPS) is 30.9. The first-order valence-electron chi connectivity index (χ1n) is 14.0. The highest BCUT2D eigenvalue weighted by atomic mass is 16.5. The maximum atomic E-state index is 14.4. The summed E-state index contributed by atoms with van der Waals surface area (Å²) in [6.07, 6.45) is 7.99. The summed E-state index contributed by atoms with van der Waals surface area (Å²) >= 11 is 0. The first-order chi connectivity index (χ1) is 17.6. The lowest BCUT2D eigenvalue weighted by molar-refractivity contribution is -0.158. The van der Waals surface area contributed by atoms with Crippen molar-refractivity contribution in [1.82, 2.24) is 14.7 Å². The van der Waals surface area contributed by atoms with Crippen LogP contribution >= 0.6 is 0 Å². The molecule has 0 aromatic heterocycles. The quantitative estimate of drug-likeness (QED) is 0.283. The molecule has 3 heterocycles. The van der Waals surface area contributed by atoms with E-state index in [1.807, 2.05) is 20.8 Å². The maximum absolute atomic E-state index is 14.4. The van der Waals surface area contributed by atoms with E-state index < -0.39 is 35.1 Å². The van der Waals surface area contributed by atoms with Crippen LogP contribution in [0.4, 0.5) is 0 Å². The molecule has 6 atom stereocenters. The van der Waals surface area contributed by atoms with E-state index >= 15 is 0 Å². The molecule has 8 heteroatoms. The highest BCUT2D eigenvalue weighted by molar-refractivity contribution is 5.99. The summed E-state index contributed by atoms with van der Waals surface area (Å²) < 4.78 is 6.85. The highest BCUT2D eigenvalue weighted by Crippen LogP contribution is 2.65. The van der Waals surface area contributed by atoms with Crippen molar-refractivity contribution >= 4 is 17.7 Å². The maximum Gasteiger partial charge on any atom is 0.248 e. The summed E-state index contributed by atoms with van der Waals surface area (Å²) in [5.41, 5.74) is -1.87. The van der Waals surface area contributed by atoms with E-state index in [0.717, 1.165) is 19.3 Å². The van der Waals surface area contributed by atoms with Crippen molar-refractivity contribution in [1.29, 1.82) is 0 Å². The Labute approximate surface area is 222 Å². The summed E-state index contributed by atoms with van der Waals surface area (Å²) in [6, 6.07) is -1.44. The number of carbonyl (C=O) groups excluding carboxylic acids is 3. The molecule has 0 saturated carbocycles. The molecule has 3 rings (SSSR count). The van der Waals surface area contributed by atoms with Gasteiger partial charge in [0.2, 0.25) is 17.7 Å². The molecule has 3 aliphatic rings. The Kier molecular flexibility index (Phi) is 9.27. The van der Waals surface area contributed by atoms with E-state index in [4.69, 9.17) is 4.74 Å².